The molecule has 0 aromatic rings. The highest BCUT2D eigenvalue weighted by molar-refractivity contribution is 5.73. The maximum atomic E-state index is 11.1. The fourth-order valence-electron chi connectivity index (χ4n) is 1.42. The second-order valence-electron chi connectivity index (χ2n) is 4.55. The molecule has 0 saturated heterocycles. The Morgan fingerprint density at radius 2 is 2.00 bits per heavy atom. The predicted octanol–water partition coefficient (Wildman–Crippen LogP) is 0.0750. The average molecular weight is 218 g/mol. The fraction of sp³-hybridized carbons (Fsp3) is 0.900. The molecular formula is C10H22N2O3. The Hall–Kier alpha value is -0.810. The number of urea groups is 1. The summed E-state index contributed by atoms with van der Waals surface area (Å²) in [5, 5.41) is 22.9. The average Bonchev–Trinajstić information content (AvgIpc) is 2.09. The summed E-state index contributed by atoms with van der Waals surface area (Å²) in [6, 6.07) is -0.289. The predicted molar refractivity (Wildman–Crippen MR) is 58.6 cm³/mol. The van der Waals surface area contributed by atoms with Crippen molar-refractivity contribution in [3.8, 4) is 0 Å². The Balaban J connectivity index is 3.77. The summed E-state index contributed by atoms with van der Waals surface area (Å²) in [5.74, 6) is 0. The number of carbonyl (C=O) groups excluding carboxylic acids is 1. The van der Waals surface area contributed by atoms with E-state index in [1.807, 2.05) is 13.8 Å². The van der Waals surface area contributed by atoms with E-state index in [1.165, 1.54) is 0 Å². The largest absolute Gasteiger partial charge is 0.395 e. The van der Waals surface area contributed by atoms with Crippen molar-refractivity contribution in [3.05, 3.63) is 0 Å². The number of hydrogen-bond donors (Lipinski definition) is 4. The van der Waals surface area contributed by atoms with Crippen molar-refractivity contribution >= 4 is 6.03 Å². The first kappa shape index (κ1) is 14.2. The van der Waals surface area contributed by atoms with Gasteiger partial charge in [-0.3, -0.25) is 0 Å². The molecule has 90 valence electrons. The van der Waals surface area contributed by atoms with E-state index in [2.05, 4.69) is 10.6 Å². The van der Waals surface area contributed by atoms with E-state index in [-0.39, 0.29) is 30.7 Å². The number of carbonyl (C=O) groups is 1. The van der Waals surface area contributed by atoms with Crippen molar-refractivity contribution in [3.63, 3.8) is 0 Å². The van der Waals surface area contributed by atoms with E-state index < -0.39 is 0 Å². The first-order valence-electron chi connectivity index (χ1n) is 5.18. The van der Waals surface area contributed by atoms with Gasteiger partial charge in [-0.05, 0) is 18.8 Å². The van der Waals surface area contributed by atoms with Gasteiger partial charge in [0.05, 0.1) is 12.7 Å². The number of rotatable bonds is 6. The molecule has 1 atom stereocenters. The molecule has 0 aliphatic heterocycles. The Labute approximate surface area is 90.9 Å². The van der Waals surface area contributed by atoms with Gasteiger partial charge in [-0.2, -0.15) is 0 Å². The Morgan fingerprint density at radius 3 is 2.47 bits per heavy atom. The van der Waals surface area contributed by atoms with Crippen molar-refractivity contribution in [2.24, 2.45) is 5.41 Å². The number of aliphatic hydroxyl groups is 2. The zero-order valence-corrected chi connectivity index (χ0v) is 9.71. The van der Waals surface area contributed by atoms with Gasteiger partial charge in [-0.1, -0.05) is 13.8 Å². The van der Waals surface area contributed by atoms with Gasteiger partial charge in [0.1, 0.15) is 0 Å². The summed E-state index contributed by atoms with van der Waals surface area (Å²) in [4.78, 5) is 11.1. The van der Waals surface area contributed by atoms with Gasteiger partial charge in [0.25, 0.3) is 0 Å². The molecule has 2 amide bonds. The SMILES string of the molecule is CC(O)CC(C)(C)CNC(=O)NCCO. The van der Waals surface area contributed by atoms with Crippen LogP contribution >= 0.6 is 0 Å². The lowest BCUT2D eigenvalue weighted by molar-refractivity contribution is 0.128. The monoisotopic (exact) mass is 218 g/mol. The van der Waals surface area contributed by atoms with Crippen molar-refractivity contribution < 1.29 is 15.0 Å². The Kier molecular flexibility index (Phi) is 6.27. The van der Waals surface area contributed by atoms with Crippen LogP contribution in [-0.2, 0) is 0 Å². The van der Waals surface area contributed by atoms with Crippen LogP contribution < -0.4 is 10.6 Å². The quantitative estimate of drug-likeness (QED) is 0.509. The lowest BCUT2D eigenvalue weighted by Crippen LogP contribution is -2.42. The van der Waals surface area contributed by atoms with E-state index in [4.69, 9.17) is 5.11 Å². The molecule has 0 radical (unpaired) electrons. The van der Waals surface area contributed by atoms with Crippen LogP contribution in [0.4, 0.5) is 4.79 Å². The lowest BCUT2D eigenvalue weighted by atomic mass is 9.87. The van der Waals surface area contributed by atoms with Gasteiger partial charge in [0, 0.05) is 13.1 Å². The summed E-state index contributed by atoms with van der Waals surface area (Å²) >= 11 is 0. The summed E-state index contributed by atoms with van der Waals surface area (Å²) in [6.45, 7) is 6.37. The molecule has 0 aliphatic rings. The summed E-state index contributed by atoms with van der Waals surface area (Å²) in [7, 11) is 0. The maximum absolute atomic E-state index is 11.1. The molecule has 0 fully saturated rings. The Bertz CT molecular complexity index is 193. The zero-order chi connectivity index (χ0) is 11.9. The molecule has 0 aliphatic carbocycles. The second-order valence-corrected chi connectivity index (χ2v) is 4.55. The van der Waals surface area contributed by atoms with Gasteiger partial charge in [-0.25, -0.2) is 4.79 Å². The smallest absolute Gasteiger partial charge is 0.314 e. The van der Waals surface area contributed by atoms with Crippen LogP contribution in [0.2, 0.25) is 0 Å². The number of aliphatic hydroxyl groups excluding tert-OH is 2. The van der Waals surface area contributed by atoms with Crippen LogP contribution in [-0.4, -0.2) is 42.0 Å². The third kappa shape index (κ3) is 8.20. The van der Waals surface area contributed by atoms with E-state index >= 15 is 0 Å². The maximum Gasteiger partial charge on any atom is 0.314 e. The molecule has 4 N–H and O–H groups in total. The van der Waals surface area contributed by atoms with Crippen LogP contribution in [0.25, 0.3) is 0 Å². The van der Waals surface area contributed by atoms with Crippen molar-refractivity contribution in [1.82, 2.24) is 10.6 Å². The molecular weight excluding hydrogens is 196 g/mol. The topological polar surface area (TPSA) is 81.6 Å². The van der Waals surface area contributed by atoms with Crippen LogP contribution in [0.15, 0.2) is 0 Å². The molecule has 0 saturated carbocycles. The standard InChI is InChI=1S/C10H22N2O3/c1-8(14)6-10(2,3)7-12-9(15)11-4-5-13/h8,13-14H,4-7H2,1-3H3,(H2,11,12,15). The van der Waals surface area contributed by atoms with Crippen molar-refractivity contribution in [2.45, 2.75) is 33.3 Å². The molecule has 5 nitrogen and oxygen atoms in total. The highest BCUT2D eigenvalue weighted by Gasteiger charge is 2.20. The van der Waals surface area contributed by atoms with Crippen LogP contribution in [0.1, 0.15) is 27.2 Å². The number of hydrogen-bond acceptors (Lipinski definition) is 3. The summed E-state index contributed by atoms with van der Waals surface area (Å²) < 4.78 is 0. The summed E-state index contributed by atoms with van der Waals surface area (Å²) in [5.41, 5.74) is -0.134. The van der Waals surface area contributed by atoms with E-state index in [9.17, 15) is 9.90 Å². The molecule has 5 heteroatoms. The van der Waals surface area contributed by atoms with Crippen LogP contribution in [0, 0.1) is 5.41 Å². The second kappa shape index (κ2) is 6.63. The molecule has 0 aromatic carbocycles. The zero-order valence-electron chi connectivity index (χ0n) is 9.71. The summed E-state index contributed by atoms with van der Waals surface area (Å²) in [6.07, 6.45) is 0.259. The molecule has 0 spiro atoms. The van der Waals surface area contributed by atoms with Gasteiger partial charge < -0.3 is 20.8 Å². The van der Waals surface area contributed by atoms with Gasteiger partial charge in [0.2, 0.25) is 0 Å². The first-order valence-corrected chi connectivity index (χ1v) is 5.18. The fourth-order valence-corrected chi connectivity index (χ4v) is 1.42. The molecule has 0 aromatic heterocycles. The van der Waals surface area contributed by atoms with Gasteiger partial charge in [0.15, 0.2) is 0 Å². The molecule has 0 bridgehead atoms. The molecule has 0 heterocycles. The van der Waals surface area contributed by atoms with Crippen molar-refractivity contribution in [2.75, 3.05) is 19.7 Å². The van der Waals surface area contributed by atoms with Gasteiger partial charge >= 0.3 is 6.03 Å². The van der Waals surface area contributed by atoms with E-state index in [0.29, 0.717) is 13.0 Å². The van der Waals surface area contributed by atoms with Crippen molar-refractivity contribution in [1.29, 1.82) is 0 Å². The normalized spacial score (nSPS) is 13.4. The molecule has 1 unspecified atom stereocenters. The van der Waals surface area contributed by atoms with E-state index in [0.717, 1.165) is 0 Å². The molecule has 0 rings (SSSR count). The lowest BCUT2D eigenvalue weighted by Gasteiger charge is -2.26. The third-order valence-electron chi connectivity index (χ3n) is 1.97. The number of amides is 2. The van der Waals surface area contributed by atoms with Gasteiger partial charge in [-0.15, -0.1) is 0 Å². The van der Waals surface area contributed by atoms with Crippen LogP contribution in [0.3, 0.4) is 0 Å². The third-order valence-corrected chi connectivity index (χ3v) is 1.97. The number of nitrogens with one attached hydrogen (secondary N) is 2. The Morgan fingerprint density at radius 1 is 1.40 bits per heavy atom. The minimum atomic E-state index is -0.373. The minimum absolute atomic E-state index is 0.0650. The highest BCUT2D eigenvalue weighted by Crippen LogP contribution is 2.20. The minimum Gasteiger partial charge on any atom is -0.395 e. The molecule has 15 heavy (non-hydrogen) atoms. The first-order chi connectivity index (χ1) is 6.87. The highest BCUT2D eigenvalue weighted by atomic mass is 16.3. The van der Waals surface area contributed by atoms with Crippen LogP contribution in [0.5, 0.6) is 0 Å². The van der Waals surface area contributed by atoms with E-state index in [1.54, 1.807) is 6.92 Å².